The highest BCUT2D eigenvalue weighted by atomic mass is 32.1. The van der Waals surface area contributed by atoms with Gasteiger partial charge in [0.05, 0.1) is 0 Å². The lowest BCUT2D eigenvalue weighted by molar-refractivity contribution is -0.137. The minimum atomic E-state index is -4.55. The standard InChI is InChI=1S/C23H27F3N8OS/c1-13(2)19-29-12-33(31-19)11-17(35)34-7-6-32(10-14(34)3)21-18(30-22(36-21)23(24,25)26)16-8-27-20(28-9-16)15-4-5-15/h8-9,12-15H,4-7,10-11H2,1-3H3/t14-/m1/s1. The summed E-state index contributed by atoms with van der Waals surface area (Å²) in [5, 5.41) is 3.86. The van der Waals surface area contributed by atoms with Crippen molar-refractivity contribution < 1.29 is 18.0 Å². The lowest BCUT2D eigenvalue weighted by Gasteiger charge is -2.40. The van der Waals surface area contributed by atoms with E-state index >= 15 is 0 Å². The van der Waals surface area contributed by atoms with E-state index in [-0.39, 0.29) is 30.1 Å². The van der Waals surface area contributed by atoms with Crippen LogP contribution in [-0.2, 0) is 17.5 Å². The average Bonchev–Trinajstić information content (AvgIpc) is 3.39. The first kappa shape index (κ1) is 24.6. The number of alkyl halides is 3. The van der Waals surface area contributed by atoms with Crippen molar-refractivity contribution in [3.05, 3.63) is 35.4 Å². The molecule has 36 heavy (non-hydrogen) atoms. The molecule has 1 aliphatic carbocycles. The van der Waals surface area contributed by atoms with Crippen molar-refractivity contribution in [2.24, 2.45) is 0 Å². The maximum Gasteiger partial charge on any atom is 0.443 e. The van der Waals surface area contributed by atoms with E-state index < -0.39 is 11.2 Å². The zero-order valence-electron chi connectivity index (χ0n) is 20.2. The number of hydrogen-bond acceptors (Lipinski definition) is 8. The summed E-state index contributed by atoms with van der Waals surface area (Å²) in [7, 11) is 0. The molecule has 1 atom stereocenters. The molecule has 0 N–H and O–H groups in total. The van der Waals surface area contributed by atoms with Crippen molar-refractivity contribution in [3.63, 3.8) is 0 Å². The number of thiazole rings is 1. The molecule has 13 heteroatoms. The number of nitrogens with zero attached hydrogens (tertiary/aromatic N) is 8. The smallest absolute Gasteiger partial charge is 0.358 e. The Morgan fingerprint density at radius 2 is 1.89 bits per heavy atom. The second-order valence-corrected chi connectivity index (χ2v) is 10.6. The van der Waals surface area contributed by atoms with Gasteiger partial charge in [-0.2, -0.15) is 18.3 Å². The number of anilines is 1. The zero-order valence-corrected chi connectivity index (χ0v) is 21.1. The van der Waals surface area contributed by atoms with Gasteiger partial charge in [0.2, 0.25) is 10.9 Å². The molecular formula is C23H27F3N8OS. The second kappa shape index (κ2) is 9.41. The quantitative estimate of drug-likeness (QED) is 0.486. The first-order valence-electron chi connectivity index (χ1n) is 11.9. The Bertz CT molecular complexity index is 1230. The molecule has 2 aliphatic rings. The molecule has 0 radical (unpaired) electrons. The molecule has 0 unspecified atom stereocenters. The summed E-state index contributed by atoms with van der Waals surface area (Å²) < 4.78 is 42.3. The van der Waals surface area contributed by atoms with Gasteiger partial charge in [-0.25, -0.2) is 24.6 Å². The summed E-state index contributed by atoms with van der Waals surface area (Å²) >= 11 is 0.619. The minimum Gasteiger partial charge on any atom is -0.358 e. The van der Waals surface area contributed by atoms with Gasteiger partial charge in [0.25, 0.3) is 0 Å². The molecule has 3 aromatic heterocycles. The third-order valence-electron chi connectivity index (χ3n) is 6.34. The summed E-state index contributed by atoms with van der Waals surface area (Å²) in [6.45, 7) is 7.07. The normalized spacial score (nSPS) is 18.8. The van der Waals surface area contributed by atoms with E-state index in [1.54, 1.807) is 23.6 Å². The Morgan fingerprint density at radius 3 is 2.47 bits per heavy atom. The molecule has 192 valence electrons. The number of piperazine rings is 1. The number of amides is 1. The highest BCUT2D eigenvalue weighted by Gasteiger charge is 2.38. The fraction of sp³-hybridized carbons (Fsp3) is 0.565. The summed E-state index contributed by atoms with van der Waals surface area (Å²) in [6.07, 6.45) is 2.19. The van der Waals surface area contributed by atoms with Crippen molar-refractivity contribution in [1.82, 2.24) is 34.6 Å². The summed E-state index contributed by atoms with van der Waals surface area (Å²) in [4.78, 5) is 33.5. The number of carbonyl (C=O) groups is 1. The molecule has 4 heterocycles. The maximum atomic E-state index is 13.6. The molecule has 1 amide bonds. The van der Waals surface area contributed by atoms with Gasteiger partial charge in [0.1, 0.15) is 29.4 Å². The number of carbonyl (C=O) groups excluding carboxylic acids is 1. The van der Waals surface area contributed by atoms with E-state index in [0.717, 1.165) is 18.7 Å². The molecule has 0 bridgehead atoms. The van der Waals surface area contributed by atoms with Crippen LogP contribution in [0.15, 0.2) is 18.7 Å². The van der Waals surface area contributed by atoms with Crippen molar-refractivity contribution >= 4 is 22.2 Å². The Morgan fingerprint density at radius 1 is 1.17 bits per heavy atom. The number of rotatable bonds is 6. The van der Waals surface area contributed by atoms with E-state index in [0.29, 0.717) is 53.3 Å². The highest BCUT2D eigenvalue weighted by molar-refractivity contribution is 7.16. The van der Waals surface area contributed by atoms with E-state index in [1.165, 1.54) is 4.68 Å². The largest absolute Gasteiger partial charge is 0.443 e. The third-order valence-corrected chi connectivity index (χ3v) is 7.50. The van der Waals surface area contributed by atoms with E-state index in [1.807, 2.05) is 25.7 Å². The fourth-order valence-corrected chi connectivity index (χ4v) is 5.23. The van der Waals surface area contributed by atoms with Crippen LogP contribution in [0.5, 0.6) is 0 Å². The van der Waals surface area contributed by atoms with Gasteiger partial charge in [-0.3, -0.25) is 4.79 Å². The first-order chi connectivity index (χ1) is 17.1. The summed E-state index contributed by atoms with van der Waals surface area (Å²) in [6, 6.07) is -0.211. The van der Waals surface area contributed by atoms with E-state index in [2.05, 4.69) is 25.0 Å². The van der Waals surface area contributed by atoms with Crippen LogP contribution in [0, 0.1) is 0 Å². The molecule has 1 saturated carbocycles. The molecule has 5 rings (SSSR count). The van der Waals surface area contributed by atoms with Crippen LogP contribution in [0.3, 0.4) is 0 Å². The Balaban J connectivity index is 1.33. The van der Waals surface area contributed by atoms with Gasteiger partial charge in [0, 0.05) is 55.5 Å². The first-order valence-corrected chi connectivity index (χ1v) is 12.8. The summed E-state index contributed by atoms with van der Waals surface area (Å²) in [5.41, 5.74) is 0.685. The Hall–Kier alpha value is -3.09. The summed E-state index contributed by atoms with van der Waals surface area (Å²) in [5.74, 6) is 1.80. The number of hydrogen-bond donors (Lipinski definition) is 0. The molecule has 0 aromatic carbocycles. The van der Waals surface area contributed by atoms with Crippen molar-refractivity contribution in [3.8, 4) is 11.3 Å². The SMILES string of the molecule is CC(C)c1ncn(CC(=O)N2CCN(c3sc(C(F)(F)F)nc3-c3cnc(C4CC4)nc3)C[C@H]2C)n1. The van der Waals surface area contributed by atoms with Gasteiger partial charge in [0.15, 0.2) is 5.82 Å². The average molecular weight is 521 g/mol. The van der Waals surface area contributed by atoms with Crippen LogP contribution in [0.25, 0.3) is 11.3 Å². The molecule has 1 saturated heterocycles. The van der Waals surface area contributed by atoms with E-state index in [4.69, 9.17) is 0 Å². The third kappa shape index (κ3) is 5.06. The van der Waals surface area contributed by atoms with Gasteiger partial charge >= 0.3 is 6.18 Å². The van der Waals surface area contributed by atoms with E-state index in [9.17, 15) is 18.0 Å². The predicted molar refractivity (Wildman–Crippen MR) is 128 cm³/mol. The predicted octanol–water partition coefficient (Wildman–Crippen LogP) is 3.95. The Kier molecular flexibility index (Phi) is 6.43. The van der Waals surface area contributed by atoms with Crippen LogP contribution < -0.4 is 4.90 Å². The monoisotopic (exact) mass is 520 g/mol. The van der Waals surface area contributed by atoms with Gasteiger partial charge in [-0.15, -0.1) is 0 Å². The van der Waals surface area contributed by atoms with Gasteiger partial charge in [-0.1, -0.05) is 25.2 Å². The van der Waals surface area contributed by atoms with Crippen molar-refractivity contribution in [1.29, 1.82) is 0 Å². The molecule has 2 fully saturated rings. The molecular weight excluding hydrogens is 493 g/mol. The molecule has 3 aromatic rings. The van der Waals surface area contributed by atoms with Crippen LogP contribution in [0.1, 0.15) is 62.1 Å². The maximum absolute atomic E-state index is 13.6. The number of aromatic nitrogens is 6. The fourth-order valence-electron chi connectivity index (χ4n) is 4.24. The minimum absolute atomic E-state index is 0.0682. The lowest BCUT2D eigenvalue weighted by Crippen LogP contribution is -2.54. The van der Waals surface area contributed by atoms with Crippen LogP contribution in [-0.4, -0.2) is 66.2 Å². The van der Waals surface area contributed by atoms with Gasteiger partial charge < -0.3 is 9.80 Å². The molecule has 9 nitrogen and oxygen atoms in total. The van der Waals surface area contributed by atoms with Crippen molar-refractivity contribution in [2.75, 3.05) is 24.5 Å². The second-order valence-electron chi connectivity index (χ2n) is 9.61. The Labute approximate surface area is 210 Å². The number of halogens is 3. The lowest BCUT2D eigenvalue weighted by atomic mass is 10.1. The van der Waals surface area contributed by atoms with Crippen LogP contribution in [0.2, 0.25) is 0 Å². The van der Waals surface area contributed by atoms with Crippen molar-refractivity contribution in [2.45, 2.75) is 64.2 Å². The van der Waals surface area contributed by atoms with Crippen LogP contribution in [0.4, 0.5) is 18.2 Å². The molecule has 0 spiro atoms. The highest BCUT2D eigenvalue weighted by Crippen LogP contribution is 2.43. The van der Waals surface area contributed by atoms with Gasteiger partial charge in [-0.05, 0) is 19.8 Å². The van der Waals surface area contributed by atoms with Crippen LogP contribution >= 0.6 is 11.3 Å². The topological polar surface area (TPSA) is 92.9 Å². The zero-order chi connectivity index (χ0) is 25.6. The molecule has 1 aliphatic heterocycles.